The van der Waals surface area contributed by atoms with Crippen molar-refractivity contribution in [1.82, 2.24) is 19.9 Å². The van der Waals surface area contributed by atoms with Crippen LogP contribution in [0.1, 0.15) is 66.8 Å². The first-order chi connectivity index (χ1) is 34.9. The largest absolute Gasteiger partial charge is 2.00 e. The summed E-state index contributed by atoms with van der Waals surface area (Å²) in [4.78, 5) is 136. The summed E-state index contributed by atoms with van der Waals surface area (Å²) in [7, 11) is -28.0. The molecule has 4 heterocycles. The number of hydrogen-bond acceptors (Lipinski definition) is 14. The Labute approximate surface area is 490 Å². The number of aromatic nitrogens is 4. The molecule has 0 saturated heterocycles. The Hall–Kier alpha value is -3.75. The summed E-state index contributed by atoms with van der Waals surface area (Å²) >= 11 is 0. The molecule has 20 N–H and O–H groups in total. The predicted octanol–water partition coefficient (Wildman–Crippen LogP) is 2.64. The summed E-state index contributed by atoms with van der Waals surface area (Å²) in [6.45, 7) is 8.62. The quantitative estimate of drug-likeness (QED) is 0.0377. The number of hydrogen-bond donors (Lipinski definition) is 8. The van der Waals surface area contributed by atoms with Crippen molar-refractivity contribution < 1.29 is 141 Å². The van der Waals surface area contributed by atoms with Gasteiger partial charge in [-0.1, -0.05) is 48.5 Å². The maximum absolute atomic E-state index is 11.3. The zero-order chi connectivity index (χ0) is 56.9. The van der Waals surface area contributed by atoms with E-state index in [9.17, 15) is 66.5 Å². The minimum atomic E-state index is -4.75. The van der Waals surface area contributed by atoms with Crippen LogP contribution in [0.3, 0.4) is 0 Å². The summed E-state index contributed by atoms with van der Waals surface area (Å²) in [6, 6.07) is 24.3. The SMILES string of the molecule is Cc1c(CP(=O)([O-])O)c(C)c(CP(=O)(O)O)c(C)c1CP(=O)([O-])O.Cc1c(CP(=O)([O-])O)c(C)c(CP(=O)(O)O)c(C)c1CP(=O)([O-])O.[Ni+2].[Ni+2].[OH3+].[OH3+].[OH3+].[OH3+].c1cnc2c(c1)ccc1cccnc12.c1cnc2c(c1)ccc1cccnc12. The van der Waals surface area contributed by atoms with Gasteiger partial charge in [-0.2, -0.15) is 0 Å². The van der Waals surface area contributed by atoms with E-state index >= 15 is 0 Å². The van der Waals surface area contributed by atoms with Crippen LogP contribution in [0.2, 0.25) is 0 Å². The van der Waals surface area contributed by atoms with Crippen molar-refractivity contribution in [3.8, 4) is 0 Å². The first-order valence-electron chi connectivity index (χ1n) is 22.5. The predicted molar refractivity (Wildman–Crippen MR) is 300 cm³/mol. The fraction of sp³-hybridized carbons (Fsp3) is 0.250. The molecule has 34 heteroatoms. The van der Waals surface area contributed by atoms with Crippen LogP contribution in [-0.2, 0) is 119 Å². The van der Waals surface area contributed by atoms with Crippen LogP contribution in [-0.4, -0.2) is 59.1 Å². The van der Waals surface area contributed by atoms with E-state index in [0.717, 1.165) is 43.6 Å². The zero-order valence-corrected chi connectivity index (χ0v) is 51.9. The third-order valence-electron chi connectivity index (χ3n) is 12.3. The van der Waals surface area contributed by atoms with Gasteiger partial charge in [0.05, 0.1) is 34.4 Å². The van der Waals surface area contributed by atoms with Gasteiger partial charge < -0.3 is 98.9 Å². The van der Waals surface area contributed by atoms with Crippen molar-refractivity contribution in [2.75, 3.05) is 0 Å². The van der Waals surface area contributed by atoms with Gasteiger partial charge >= 0.3 is 48.2 Å². The van der Waals surface area contributed by atoms with Gasteiger partial charge in [-0.3, -0.25) is 29.1 Å². The Morgan fingerprint density at radius 3 is 0.622 bits per heavy atom. The van der Waals surface area contributed by atoms with Gasteiger partial charge in [-0.25, -0.2) is 0 Å². The van der Waals surface area contributed by atoms with Crippen molar-refractivity contribution >= 4 is 89.2 Å². The van der Waals surface area contributed by atoms with Gasteiger partial charge in [0.15, 0.2) is 0 Å². The van der Waals surface area contributed by atoms with Gasteiger partial charge in [0.1, 0.15) is 30.4 Å². The molecular formula is C48H66N4Ni2O22P6+4. The Kier molecular flexibility index (Phi) is 31.5. The molecular weight excluding hydrogens is 1290 g/mol. The van der Waals surface area contributed by atoms with E-state index in [1.807, 2.05) is 24.3 Å². The second kappa shape index (κ2) is 32.1. The van der Waals surface area contributed by atoms with Crippen molar-refractivity contribution in [3.63, 3.8) is 0 Å². The van der Waals surface area contributed by atoms with Crippen LogP contribution in [0.25, 0.3) is 43.6 Å². The molecule has 82 heavy (non-hydrogen) atoms. The fourth-order valence-corrected chi connectivity index (χ4v) is 14.0. The monoisotopic (exact) mass is 1350 g/mol. The molecule has 0 aliphatic heterocycles. The van der Waals surface area contributed by atoms with Gasteiger partial charge in [0.25, 0.3) is 0 Å². The number of nitrogens with zero attached hydrogens (tertiary/aromatic N) is 4. The van der Waals surface area contributed by atoms with Crippen LogP contribution in [0.4, 0.5) is 0 Å². The molecule has 4 aromatic heterocycles. The smallest absolute Gasteiger partial charge is 0.778 e. The topological polar surface area (TPSA) is 540 Å². The normalized spacial score (nSPS) is 13.9. The Bertz CT molecular complexity index is 3190. The number of pyridine rings is 4. The van der Waals surface area contributed by atoms with E-state index in [1.165, 1.54) is 41.5 Å². The van der Waals surface area contributed by atoms with Crippen molar-refractivity contribution in [2.24, 2.45) is 0 Å². The fourth-order valence-electron chi connectivity index (χ4n) is 8.77. The van der Waals surface area contributed by atoms with Crippen LogP contribution < -0.4 is 19.6 Å². The molecule has 0 bridgehead atoms. The average Bonchev–Trinajstić information content (AvgIpc) is 3.31. The third kappa shape index (κ3) is 23.3. The molecule has 26 nitrogen and oxygen atoms in total. The van der Waals surface area contributed by atoms with Crippen LogP contribution >= 0.6 is 45.6 Å². The molecule has 4 atom stereocenters. The van der Waals surface area contributed by atoms with Crippen LogP contribution in [0, 0.1) is 41.5 Å². The van der Waals surface area contributed by atoms with Gasteiger partial charge in [0.2, 0.25) is 0 Å². The Morgan fingerprint density at radius 1 is 0.317 bits per heavy atom. The van der Waals surface area contributed by atoms with E-state index in [-0.39, 0.29) is 122 Å². The molecule has 0 radical (unpaired) electrons. The van der Waals surface area contributed by atoms with Gasteiger partial charge in [0, 0.05) is 71.0 Å². The van der Waals surface area contributed by atoms with Crippen LogP contribution in [0.5, 0.6) is 0 Å². The van der Waals surface area contributed by atoms with E-state index in [1.54, 1.807) is 24.8 Å². The molecule has 456 valence electrons. The van der Waals surface area contributed by atoms with E-state index in [4.69, 9.17) is 19.6 Å². The summed E-state index contributed by atoms with van der Waals surface area (Å²) in [5.41, 5.74) is 5.82. The van der Waals surface area contributed by atoms with E-state index < -0.39 is 82.5 Å². The average molecular weight is 1350 g/mol. The maximum atomic E-state index is 11.3. The molecule has 8 rings (SSSR count). The second-order valence-electron chi connectivity index (χ2n) is 17.9. The van der Waals surface area contributed by atoms with Crippen molar-refractivity contribution in [3.05, 3.63) is 164 Å². The van der Waals surface area contributed by atoms with Gasteiger partial charge in [-0.15, -0.1) is 0 Å². The molecule has 0 fully saturated rings. The molecule has 4 unspecified atom stereocenters. The van der Waals surface area contributed by atoms with Crippen LogP contribution in [0.15, 0.2) is 97.6 Å². The first kappa shape index (κ1) is 80.3. The number of benzene rings is 4. The number of rotatable bonds is 12. The molecule has 0 saturated carbocycles. The van der Waals surface area contributed by atoms with E-state index in [2.05, 4.69) is 68.5 Å². The summed E-state index contributed by atoms with van der Waals surface area (Å²) < 4.78 is 67.7. The summed E-state index contributed by atoms with van der Waals surface area (Å²) in [5, 5.41) is 4.55. The van der Waals surface area contributed by atoms with Gasteiger partial charge in [-0.05, 0) is 133 Å². The standard InChI is InChI=1S/2C12H8N2.2C12H21O9P3.2Ni.4H2O/c2*1-3-9-5-6-10-4-2-8-14-12(10)11(9)13-7-1;2*1-7-10(4-22(13,14)15)8(2)12(6-24(19,20)21)9(3)11(7)5-23(16,17)18;;;;;;/h2*1-8H;2*4-6H2,1-3H3,(H2,13,14,15)(H2,16,17,18)(H2,19,20,21);;;4*1H2/q;;;;2*+2;;;;. The third-order valence-corrected chi connectivity index (χ3v) is 16.6. The van der Waals surface area contributed by atoms with Crippen molar-refractivity contribution in [2.45, 2.75) is 78.5 Å². The van der Waals surface area contributed by atoms with E-state index in [0.29, 0.717) is 0 Å². The Balaban J connectivity index is 0. The summed E-state index contributed by atoms with van der Waals surface area (Å²) in [6.07, 6.45) is 2.56. The Morgan fingerprint density at radius 2 is 0.476 bits per heavy atom. The summed E-state index contributed by atoms with van der Waals surface area (Å²) in [5.74, 6) is 0. The molecule has 0 aliphatic carbocycles. The molecule has 0 aliphatic rings. The minimum absolute atomic E-state index is 0. The number of fused-ring (bicyclic) bond motifs is 6. The minimum Gasteiger partial charge on any atom is -0.778 e. The van der Waals surface area contributed by atoms with Crippen molar-refractivity contribution in [1.29, 1.82) is 0 Å². The molecule has 0 amide bonds. The molecule has 4 aromatic carbocycles. The molecule has 0 spiro atoms. The first-order valence-corrected chi connectivity index (χ1v) is 33.2. The zero-order valence-electron chi connectivity index (χ0n) is 44.6. The maximum Gasteiger partial charge on any atom is 2.00 e. The second-order valence-corrected chi connectivity index (χ2v) is 27.5. The molecule has 8 aromatic rings.